The molecule has 0 saturated carbocycles. The molecular weight excluding hydrogens is 506 g/mol. The molecule has 0 bridgehead atoms. The van der Waals surface area contributed by atoms with Crippen LogP contribution < -0.4 is 20.3 Å². The zero-order valence-corrected chi connectivity index (χ0v) is 23.7. The van der Waals surface area contributed by atoms with Crippen molar-refractivity contribution in [1.82, 2.24) is 14.9 Å². The smallest absolute Gasteiger partial charge is 0.221 e. The normalized spacial score (nSPS) is 16.7. The highest BCUT2D eigenvalue weighted by atomic mass is 32.1. The van der Waals surface area contributed by atoms with Crippen LogP contribution in [0.15, 0.2) is 72.9 Å². The number of rotatable bonds is 7. The largest absolute Gasteiger partial charge is 0.495 e. The Balaban J connectivity index is 1.69. The summed E-state index contributed by atoms with van der Waals surface area (Å²) in [6.07, 6.45) is 2.75. The van der Waals surface area contributed by atoms with Gasteiger partial charge in [0.25, 0.3) is 0 Å². The van der Waals surface area contributed by atoms with Crippen LogP contribution in [0.25, 0.3) is 5.69 Å². The van der Waals surface area contributed by atoms with Crippen LogP contribution in [0.2, 0.25) is 0 Å². The van der Waals surface area contributed by atoms with Gasteiger partial charge >= 0.3 is 0 Å². The summed E-state index contributed by atoms with van der Waals surface area (Å²) < 4.78 is 7.84. The monoisotopic (exact) mass is 539 g/mol. The van der Waals surface area contributed by atoms with Crippen molar-refractivity contribution >= 4 is 34.6 Å². The molecule has 1 amide bonds. The molecule has 200 valence electrons. The van der Waals surface area contributed by atoms with E-state index in [4.69, 9.17) is 21.9 Å². The summed E-state index contributed by atoms with van der Waals surface area (Å²) in [6.45, 7) is 7.98. The van der Waals surface area contributed by atoms with E-state index in [2.05, 4.69) is 71.2 Å². The van der Waals surface area contributed by atoms with Crippen molar-refractivity contribution in [2.45, 2.75) is 46.2 Å². The second-order valence-electron chi connectivity index (χ2n) is 9.71. The molecular formula is C31H33N5O2S. The summed E-state index contributed by atoms with van der Waals surface area (Å²) in [5, 5.41) is 7.02. The van der Waals surface area contributed by atoms with E-state index in [0.29, 0.717) is 16.5 Å². The maximum atomic E-state index is 11.9. The number of ether oxygens (including phenoxy) is 1. The van der Waals surface area contributed by atoms with Gasteiger partial charge in [0, 0.05) is 35.9 Å². The van der Waals surface area contributed by atoms with Gasteiger partial charge in [-0.1, -0.05) is 31.2 Å². The van der Waals surface area contributed by atoms with Crippen molar-refractivity contribution < 1.29 is 9.53 Å². The zero-order chi connectivity index (χ0) is 27.7. The number of amides is 1. The molecule has 2 aromatic carbocycles. The van der Waals surface area contributed by atoms with Gasteiger partial charge in [0.2, 0.25) is 5.91 Å². The summed E-state index contributed by atoms with van der Waals surface area (Å²) >= 11 is 5.95. The number of hydrogen-bond acceptors (Lipinski definition) is 4. The molecule has 2 atom stereocenters. The molecule has 1 fully saturated rings. The van der Waals surface area contributed by atoms with E-state index < -0.39 is 0 Å². The molecule has 1 saturated heterocycles. The Kier molecular flexibility index (Phi) is 7.39. The summed E-state index contributed by atoms with van der Waals surface area (Å²) in [6, 6.07) is 22.1. The highest BCUT2D eigenvalue weighted by molar-refractivity contribution is 7.80. The molecule has 0 spiro atoms. The molecule has 1 aliphatic heterocycles. The van der Waals surface area contributed by atoms with E-state index >= 15 is 0 Å². The van der Waals surface area contributed by atoms with Crippen LogP contribution in [-0.2, 0) is 11.2 Å². The molecule has 2 N–H and O–H groups in total. The first kappa shape index (κ1) is 26.4. The molecule has 3 heterocycles. The summed E-state index contributed by atoms with van der Waals surface area (Å²) in [5.74, 6) is 0.410. The number of methoxy groups -OCH3 is 1. The first-order valence-electron chi connectivity index (χ1n) is 13.1. The number of carbonyl (C=O) groups excluding carboxylic acids is 1. The number of aryl methyl sites for hydroxylation is 2. The Morgan fingerprint density at radius 1 is 1.10 bits per heavy atom. The Hall–Kier alpha value is -4.17. The maximum Gasteiger partial charge on any atom is 0.221 e. The number of hydrogen-bond donors (Lipinski definition) is 2. The molecule has 7 nitrogen and oxygen atoms in total. The predicted octanol–water partition coefficient (Wildman–Crippen LogP) is 6.20. The van der Waals surface area contributed by atoms with Gasteiger partial charge < -0.3 is 24.8 Å². The van der Waals surface area contributed by atoms with Crippen LogP contribution in [0.1, 0.15) is 54.1 Å². The van der Waals surface area contributed by atoms with E-state index in [-0.39, 0.29) is 18.0 Å². The highest BCUT2D eigenvalue weighted by Crippen LogP contribution is 2.45. The topological polar surface area (TPSA) is 71.4 Å². The van der Waals surface area contributed by atoms with Crippen LogP contribution in [0, 0.1) is 13.8 Å². The van der Waals surface area contributed by atoms with E-state index in [0.717, 1.165) is 34.8 Å². The van der Waals surface area contributed by atoms with Gasteiger partial charge in [0.1, 0.15) is 5.75 Å². The summed E-state index contributed by atoms with van der Waals surface area (Å²) in [4.78, 5) is 18.8. The number of thiocarbonyl (C=S) groups is 1. The van der Waals surface area contributed by atoms with Gasteiger partial charge in [-0.3, -0.25) is 9.78 Å². The van der Waals surface area contributed by atoms with Crippen molar-refractivity contribution in [2.75, 3.05) is 17.3 Å². The van der Waals surface area contributed by atoms with Crippen LogP contribution in [-0.4, -0.2) is 27.7 Å². The Morgan fingerprint density at radius 3 is 2.56 bits per heavy atom. The fourth-order valence-corrected chi connectivity index (χ4v) is 5.91. The predicted molar refractivity (Wildman–Crippen MR) is 160 cm³/mol. The summed E-state index contributed by atoms with van der Waals surface area (Å²) in [7, 11) is 1.59. The number of aromatic nitrogens is 2. The third kappa shape index (κ3) is 4.88. The number of nitrogens with one attached hydrogen (secondary N) is 2. The Labute approximate surface area is 234 Å². The standard InChI is InChI=1S/C31H33N5O2S/c1-6-22-11-7-8-13-27(22)35-19(2)17-24(20(35)3)30-29(25-12-9-10-16-32-25)34-31(39)36(30)23-14-15-28(38-5)26(18-23)33-21(4)37/h7-18,29-30H,6H2,1-5H3,(H,33,37)(H,34,39)/t29-,30-/m0/s1. The molecule has 5 rings (SSSR count). The minimum absolute atomic E-state index is 0.173. The molecule has 4 aromatic rings. The van der Waals surface area contributed by atoms with Crippen molar-refractivity contribution in [3.05, 3.63) is 101 Å². The molecule has 0 aliphatic carbocycles. The lowest BCUT2D eigenvalue weighted by Gasteiger charge is -2.29. The third-order valence-electron chi connectivity index (χ3n) is 7.27. The van der Waals surface area contributed by atoms with Gasteiger partial charge in [-0.15, -0.1) is 0 Å². The van der Waals surface area contributed by atoms with Crippen LogP contribution in [0.3, 0.4) is 0 Å². The lowest BCUT2D eigenvalue weighted by atomic mass is 9.96. The van der Waals surface area contributed by atoms with E-state index in [1.54, 1.807) is 7.11 Å². The average molecular weight is 540 g/mol. The Morgan fingerprint density at radius 2 is 1.87 bits per heavy atom. The molecule has 0 radical (unpaired) electrons. The number of pyridine rings is 1. The molecule has 39 heavy (non-hydrogen) atoms. The molecule has 8 heteroatoms. The number of carbonyl (C=O) groups is 1. The minimum Gasteiger partial charge on any atom is -0.495 e. The minimum atomic E-state index is -0.181. The van der Waals surface area contributed by atoms with Crippen molar-refractivity contribution in [3.63, 3.8) is 0 Å². The quantitative estimate of drug-likeness (QED) is 0.273. The number of para-hydroxylation sites is 1. The third-order valence-corrected chi connectivity index (χ3v) is 7.59. The first-order chi connectivity index (χ1) is 18.8. The van der Waals surface area contributed by atoms with Crippen LogP contribution in [0.4, 0.5) is 11.4 Å². The second kappa shape index (κ2) is 10.9. The SMILES string of the molecule is CCc1ccccc1-n1c(C)cc([C@H]2[C@H](c3ccccn3)NC(=S)N2c2ccc(OC)c(NC(C)=O)c2)c1C. The molecule has 2 aromatic heterocycles. The van der Waals surface area contributed by atoms with E-state index in [9.17, 15) is 4.79 Å². The fraction of sp³-hybridized carbons (Fsp3) is 0.258. The zero-order valence-electron chi connectivity index (χ0n) is 22.9. The average Bonchev–Trinajstić information content (AvgIpc) is 3.43. The lowest BCUT2D eigenvalue weighted by Crippen LogP contribution is -2.29. The number of anilines is 2. The lowest BCUT2D eigenvalue weighted by molar-refractivity contribution is -0.114. The maximum absolute atomic E-state index is 11.9. The van der Waals surface area contributed by atoms with Crippen molar-refractivity contribution in [3.8, 4) is 11.4 Å². The van der Waals surface area contributed by atoms with Crippen LogP contribution >= 0.6 is 12.2 Å². The van der Waals surface area contributed by atoms with E-state index in [1.807, 2.05) is 42.6 Å². The fourth-order valence-electron chi connectivity index (χ4n) is 5.57. The Bertz CT molecular complexity index is 1530. The number of benzene rings is 2. The number of nitrogens with zero attached hydrogens (tertiary/aromatic N) is 3. The van der Waals surface area contributed by atoms with Gasteiger partial charge in [0.15, 0.2) is 5.11 Å². The van der Waals surface area contributed by atoms with Gasteiger partial charge in [-0.25, -0.2) is 0 Å². The van der Waals surface area contributed by atoms with Gasteiger partial charge in [0.05, 0.1) is 30.6 Å². The first-order valence-corrected chi connectivity index (χ1v) is 13.5. The van der Waals surface area contributed by atoms with Gasteiger partial charge in [-0.2, -0.15) is 0 Å². The van der Waals surface area contributed by atoms with Crippen molar-refractivity contribution in [2.24, 2.45) is 0 Å². The molecule has 1 aliphatic rings. The van der Waals surface area contributed by atoms with Crippen LogP contribution in [0.5, 0.6) is 5.75 Å². The summed E-state index contributed by atoms with van der Waals surface area (Å²) in [5.41, 5.74) is 8.26. The second-order valence-corrected chi connectivity index (χ2v) is 10.1. The highest BCUT2D eigenvalue weighted by Gasteiger charge is 2.42. The van der Waals surface area contributed by atoms with Gasteiger partial charge in [-0.05, 0) is 86.1 Å². The van der Waals surface area contributed by atoms with Crippen molar-refractivity contribution in [1.29, 1.82) is 0 Å². The van der Waals surface area contributed by atoms with E-state index in [1.165, 1.54) is 18.2 Å². The molecule has 0 unspecified atom stereocenters.